The first-order chi connectivity index (χ1) is 29.6. The van der Waals surface area contributed by atoms with Crippen molar-refractivity contribution in [3.63, 3.8) is 0 Å². The molecule has 0 saturated carbocycles. The Balaban J connectivity index is 1.26. The maximum absolute atomic E-state index is 13.9. The molecule has 0 radical (unpaired) electrons. The van der Waals surface area contributed by atoms with Gasteiger partial charge >= 0.3 is 11.9 Å². The van der Waals surface area contributed by atoms with Gasteiger partial charge in [0.25, 0.3) is 11.8 Å². The Morgan fingerprint density at radius 1 is 0.787 bits per heavy atom. The van der Waals surface area contributed by atoms with Gasteiger partial charge in [0.2, 0.25) is 12.3 Å². The van der Waals surface area contributed by atoms with Crippen LogP contribution in [0.4, 0.5) is 0 Å². The Morgan fingerprint density at radius 3 is 2.25 bits per heavy atom. The van der Waals surface area contributed by atoms with Crippen LogP contribution in [0.1, 0.15) is 65.1 Å². The number of benzene rings is 4. The Hall–Kier alpha value is -7.00. The molecule has 5 rings (SSSR count). The fraction of sp³-hybridized carbons (Fsp3) is 0.304. The van der Waals surface area contributed by atoms with Gasteiger partial charge in [-0.05, 0) is 72.4 Å². The third kappa shape index (κ3) is 12.3. The van der Waals surface area contributed by atoms with Crippen LogP contribution in [0.3, 0.4) is 0 Å². The Bertz CT molecular complexity index is 2290. The molecule has 0 saturated heterocycles. The molecule has 3 N–H and O–H groups in total. The summed E-state index contributed by atoms with van der Waals surface area (Å²) >= 11 is 0. The molecule has 1 heterocycles. The zero-order chi connectivity index (χ0) is 43.7. The van der Waals surface area contributed by atoms with E-state index >= 15 is 0 Å². The van der Waals surface area contributed by atoms with E-state index in [1.54, 1.807) is 25.1 Å². The first-order valence-electron chi connectivity index (χ1n) is 19.9. The molecule has 15 nitrogen and oxygen atoms in total. The lowest BCUT2D eigenvalue weighted by Crippen LogP contribution is -2.48. The van der Waals surface area contributed by atoms with E-state index < -0.39 is 48.2 Å². The van der Waals surface area contributed by atoms with E-state index in [1.165, 1.54) is 17.2 Å². The molecule has 15 heteroatoms. The van der Waals surface area contributed by atoms with Gasteiger partial charge in [-0.15, -0.1) is 0 Å². The molecule has 61 heavy (non-hydrogen) atoms. The van der Waals surface area contributed by atoms with Crippen molar-refractivity contribution in [1.82, 2.24) is 21.0 Å². The van der Waals surface area contributed by atoms with Crippen molar-refractivity contribution in [2.45, 2.75) is 58.2 Å². The summed E-state index contributed by atoms with van der Waals surface area (Å²) in [5.74, 6) is -3.54. The number of furan rings is 1. The van der Waals surface area contributed by atoms with Crippen LogP contribution < -0.4 is 20.7 Å². The summed E-state index contributed by atoms with van der Waals surface area (Å²) in [5.41, 5.74) is 2.44. The van der Waals surface area contributed by atoms with E-state index in [-0.39, 0.29) is 48.6 Å². The molecule has 0 spiro atoms. The fourth-order valence-electron chi connectivity index (χ4n) is 6.79. The third-order valence-corrected chi connectivity index (χ3v) is 9.97. The van der Waals surface area contributed by atoms with Gasteiger partial charge in [-0.1, -0.05) is 85.8 Å². The minimum Gasteiger partial charge on any atom is -0.493 e. The molecule has 4 aromatic carbocycles. The van der Waals surface area contributed by atoms with E-state index in [4.69, 9.17) is 18.7 Å². The van der Waals surface area contributed by atoms with Gasteiger partial charge in [0, 0.05) is 5.56 Å². The molecule has 1 unspecified atom stereocenters. The third-order valence-electron chi connectivity index (χ3n) is 9.97. The van der Waals surface area contributed by atoms with Crippen molar-refractivity contribution in [2.75, 3.05) is 27.5 Å². The number of fused-ring (bicyclic) bond motifs is 1. The SMILES string of the molecule is CCOc1cc(-c2ccc(C(=O)NCNC(=O)[C@H](CCc3ccc4ccccc4c3)[C@@H](CC)N(C=O)OCc3ccccc3)o2)ccc1C(=O)NC(CC(=O)OC)C(=O)OC. The Morgan fingerprint density at radius 2 is 1.54 bits per heavy atom. The largest absolute Gasteiger partial charge is 0.493 e. The van der Waals surface area contributed by atoms with Gasteiger partial charge in [-0.25, -0.2) is 9.86 Å². The molecule has 0 aliphatic carbocycles. The van der Waals surface area contributed by atoms with Crippen molar-refractivity contribution >= 4 is 46.8 Å². The minimum absolute atomic E-state index is 0.0477. The molecule has 0 fully saturated rings. The molecule has 0 aliphatic heterocycles. The molecular weight excluding hydrogens is 785 g/mol. The van der Waals surface area contributed by atoms with E-state index in [0.717, 1.165) is 36.1 Å². The van der Waals surface area contributed by atoms with Crippen LogP contribution in [0, 0.1) is 5.92 Å². The van der Waals surface area contributed by atoms with Crippen molar-refractivity contribution in [3.8, 4) is 17.1 Å². The number of nitrogens with zero attached hydrogens (tertiary/aromatic N) is 1. The number of aryl methyl sites for hydroxylation is 1. The van der Waals surface area contributed by atoms with Crippen LogP contribution in [0.25, 0.3) is 22.1 Å². The van der Waals surface area contributed by atoms with Crippen LogP contribution in [-0.4, -0.2) is 80.7 Å². The molecular formula is C46H50N4O11. The second kappa shape index (κ2) is 22.4. The number of nitrogens with one attached hydrogen (secondary N) is 3. The smallest absolute Gasteiger partial charge is 0.328 e. The fourth-order valence-corrected chi connectivity index (χ4v) is 6.79. The molecule has 3 atom stereocenters. The van der Waals surface area contributed by atoms with Crippen molar-refractivity contribution in [1.29, 1.82) is 0 Å². The maximum Gasteiger partial charge on any atom is 0.328 e. The number of carbonyl (C=O) groups is 6. The zero-order valence-corrected chi connectivity index (χ0v) is 34.5. The van der Waals surface area contributed by atoms with Crippen molar-refractivity contribution < 1.29 is 52.2 Å². The summed E-state index contributed by atoms with van der Waals surface area (Å²) in [6.45, 7) is 3.71. The number of esters is 2. The Labute approximate surface area is 353 Å². The first-order valence-corrected chi connectivity index (χ1v) is 19.9. The molecule has 0 aliphatic rings. The average Bonchev–Trinajstić information content (AvgIpc) is 3.79. The highest BCUT2D eigenvalue weighted by atomic mass is 16.7. The van der Waals surface area contributed by atoms with Crippen molar-refractivity contribution in [2.24, 2.45) is 5.92 Å². The molecule has 1 aromatic heterocycles. The van der Waals surface area contributed by atoms with Gasteiger partial charge < -0.3 is 34.6 Å². The van der Waals surface area contributed by atoms with Crippen LogP contribution in [-0.2, 0) is 46.5 Å². The van der Waals surface area contributed by atoms with Crippen LogP contribution in [0.15, 0.2) is 108 Å². The average molecular weight is 835 g/mol. The number of carbonyl (C=O) groups excluding carboxylic acids is 6. The van der Waals surface area contributed by atoms with Gasteiger partial charge in [-0.2, -0.15) is 0 Å². The number of hydrogen-bond donors (Lipinski definition) is 3. The number of methoxy groups -OCH3 is 2. The van der Waals surface area contributed by atoms with Crippen LogP contribution in [0.5, 0.6) is 5.75 Å². The van der Waals surface area contributed by atoms with E-state index in [2.05, 4.69) is 26.8 Å². The summed E-state index contributed by atoms with van der Waals surface area (Å²) < 4.78 is 20.9. The quantitative estimate of drug-likeness (QED) is 0.0333. The maximum atomic E-state index is 13.9. The number of rotatable bonds is 22. The lowest BCUT2D eigenvalue weighted by molar-refractivity contribution is -0.200. The van der Waals surface area contributed by atoms with Gasteiger partial charge in [0.1, 0.15) is 24.2 Å². The number of hydroxylamine groups is 2. The zero-order valence-electron chi connectivity index (χ0n) is 34.5. The molecule has 0 bridgehead atoms. The van der Waals surface area contributed by atoms with Crippen LogP contribution >= 0.6 is 0 Å². The lowest BCUT2D eigenvalue weighted by Gasteiger charge is -2.32. The minimum atomic E-state index is -1.30. The summed E-state index contributed by atoms with van der Waals surface area (Å²) in [4.78, 5) is 82.8. The predicted molar refractivity (Wildman–Crippen MR) is 225 cm³/mol. The molecule has 5 aromatic rings. The molecule has 320 valence electrons. The second-order valence-corrected chi connectivity index (χ2v) is 13.9. The van der Waals surface area contributed by atoms with E-state index in [0.29, 0.717) is 31.2 Å². The number of amides is 4. The topological polar surface area (TPSA) is 192 Å². The monoisotopic (exact) mass is 834 g/mol. The summed E-state index contributed by atoms with van der Waals surface area (Å²) in [6.07, 6.45) is 1.52. The van der Waals surface area contributed by atoms with Gasteiger partial charge in [0.15, 0.2) is 5.76 Å². The number of hydrogen-bond acceptors (Lipinski definition) is 11. The summed E-state index contributed by atoms with van der Waals surface area (Å²) in [7, 11) is 2.30. The standard InChI is InChI=1S/C46H50N4O11/c1-5-38(50(29-51)60-27-31-12-8-7-9-13-31)35(20-17-30-16-18-32-14-10-11-15-33(32)24-30)43(53)47-28-48-45(55)40-23-22-39(61-40)34-19-21-36(41(25-34)59-6-2)44(54)49-37(46(56)58-4)26-42(52)57-3/h7-16,18-19,21-25,29,35,37-38H,5-6,17,20,26-28H2,1-4H3,(H,47,53)(H,48,55)(H,49,54)/t35-,37?,38-/m1/s1. The highest BCUT2D eigenvalue weighted by Crippen LogP contribution is 2.30. The summed E-state index contributed by atoms with van der Waals surface area (Å²) in [6, 6.07) is 29.3. The lowest BCUT2D eigenvalue weighted by atomic mass is 9.89. The summed E-state index contributed by atoms with van der Waals surface area (Å²) in [5, 5.41) is 11.4. The highest BCUT2D eigenvalue weighted by molar-refractivity contribution is 6.00. The van der Waals surface area contributed by atoms with Gasteiger partial charge in [0.05, 0.1) is 51.4 Å². The predicted octanol–water partition coefficient (Wildman–Crippen LogP) is 5.75. The van der Waals surface area contributed by atoms with E-state index in [9.17, 15) is 28.8 Å². The highest BCUT2D eigenvalue weighted by Gasteiger charge is 2.32. The molecule has 4 amide bonds. The first kappa shape index (κ1) is 45.1. The Kier molecular flexibility index (Phi) is 16.6. The van der Waals surface area contributed by atoms with Crippen LogP contribution in [0.2, 0.25) is 0 Å². The van der Waals surface area contributed by atoms with E-state index in [1.807, 2.05) is 73.7 Å². The van der Waals surface area contributed by atoms with Gasteiger partial charge in [-0.3, -0.25) is 28.8 Å². The normalized spacial score (nSPS) is 12.3. The number of ether oxygens (including phenoxy) is 3. The van der Waals surface area contributed by atoms with Crippen molar-refractivity contribution in [3.05, 3.63) is 126 Å². The second-order valence-electron chi connectivity index (χ2n) is 13.9.